The Kier molecular flexibility index (Phi) is 3.99. The van der Waals surface area contributed by atoms with Gasteiger partial charge < -0.3 is 11.1 Å². The Bertz CT molecular complexity index is 668. The molecule has 22 heavy (non-hydrogen) atoms. The molecule has 1 heterocycles. The van der Waals surface area contributed by atoms with Crippen LogP contribution in [0.4, 0.5) is 5.69 Å². The number of carbonyl (C=O) groups is 1. The summed E-state index contributed by atoms with van der Waals surface area (Å²) in [6.07, 6.45) is 1.39. The average Bonchev–Trinajstić information content (AvgIpc) is 2.52. The molecule has 0 spiro atoms. The zero-order chi connectivity index (χ0) is 15.6. The predicted molar refractivity (Wildman–Crippen MR) is 90.1 cm³/mol. The summed E-state index contributed by atoms with van der Waals surface area (Å²) >= 11 is 0. The van der Waals surface area contributed by atoms with Gasteiger partial charge in [0.25, 0.3) is 0 Å². The molecule has 0 saturated carbocycles. The standard InChI is InChI=1S/C19H22N2O/c1-19(18(22)14-7-3-2-4-8-14)11-15-9-5-6-10-17(15)21-13-16(20)12-19/h2-10,16,21H,11-13,20H2,1H3. The van der Waals surface area contributed by atoms with Crippen LogP contribution >= 0.6 is 0 Å². The molecule has 2 aromatic rings. The van der Waals surface area contributed by atoms with Crippen molar-refractivity contribution < 1.29 is 4.79 Å². The van der Waals surface area contributed by atoms with E-state index in [0.29, 0.717) is 19.4 Å². The second kappa shape index (κ2) is 5.93. The summed E-state index contributed by atoms with van der Waals surface area (Å²) in [4.78, 5) is 13.1. The highest BCUT2D eigenvalue weighted by atomic mass is 16.1. The van der Waals surface area contributed by atoms with Crippen LogP contribution in [-0.4, -0.2) is 18.4 Å². The first-order valence-corrected chi connectivity index (χ1v) is 7.76. The van der Waals surface area contributed by atoms with Crippen molar-refractivity contribution in [1.29, 1.82) is 0 Å². The lowest BCUT2D eigenvalue weighted by molar-refractivity contribution is 0.0790. The van der Waals surface area contributed by atoms with E-state index in [1.807, 2.05) is 49.4 Å². The molecule has 0 bridgehead atoms. The molecular weight excluding hydrogens is 272 g/mol. The van der Waals surface area contributed by atoms with Crippen molar-refractivity contribution in [3.8, 4) is 0 Å². The lowest BCUT2D eigenvalue weighted by atomic mass is 9.72. The fourth-order valence-corrected chi connectivity index (χ4v) is 3.34. The van der Waals surface area contributed by atoms with Gasteiger partial charge in [0.05, 0.1) is 0 Å². The summed E-state index contributed by atoms with van der Waals surface area (Å²) in [5.41, 5.74) is 8.80. The minimum Gasteiger partial charge on any atom is -0.383 e. The SMILES string of the molecule is CC1(C(=O)c2ccccc2)Cc2ccccc2NCC(N)C1. The van der Waals surface area contributed by atoms with Crippen LogP contribution in [0.5, 0.6) is 0 Å². The van der Waals surface area contributed by atoms with Crippen molar-refractivity contribution in [2.75, 3.05) is 11.9 Å². The van der Waals surface area contributed by atoms with E-state index in [-0.39, 0.29) is 11.8 Å². The monoisotopic (exact) mass is 294 g/mol. The van der Waals surface area contributed by atoms with Crippen LogP contribution < -0.4 is 11.1 Å². The van der Waals surface area contributed by atoms with Gasteiger partial charge in [-0.05, 0) is 24.5 Å². The van der Waals surface area contributed by atoms with Crippen LogP contribution in [-0.2, 0) is 6.42 Å². The summed E-state index contributed by atoms with van der Waals surface area (Å²) in [6.45, 7) is 2.74. The van der Waals surface area contributed by atoms with Crippen LogP contribution in [0.1, 0.15) is 29.3 Å². The van der Waals surface area contributed by atoms with E-state index in [1.165, 1.54) is 5.56 Å². The van der Waals surface area contributed by atoms with E-state index >= 15 is 0 Å². The first-order chi connectivity index (χ1) is 10.6. The molecule has 0 amide bonds. The van der Waals surface area contributed by atoms with Gasteiger partial charge in [-0.3, -0.25) is 4.79 Å². The Morgan fingerprint density at radius 2 is 1.82 bits per heavy atom. The number of ketones is 1. The van der Waals surface area contributed by atoms with E-state index in [4.69, 9.17) is 5.73 Å². The van der Waals surface area contributed by atoms with Gasteiger partial charge in [0, 0.05) is 29.3 Å². The van der Waals surface area contributed by atoms with Crippen LogP contribution in [0, 0.1) is 5.41 Å². The third-order valence-electron chi connectivity index (χ3n) is 4.45. The third kappa shape index (κ3) is 2.90. The minimum absolute atomic E-state index is 0.0361. The Balaban J connectivity index is 1.99. The molecule has 2 aromatic carbocycles. The fraction of sp³-hybridized carbons (Fsp3) is 0.316. The first kappa shape index (κ1) is 14.8. The largest absolute Gasteiger partial charge is 0.383 e. The van der Waals surface area contributed by atoms with E-state index in [2.05, 4.69) is 17.4 Å². The number of fused-ring (bicyclic) bond motifs is 1. The zero-order valence-corrected chi connectivity index (χ0v) is 12.9. The molecule has 1 aliphatic rings. The van der Waals surface area contributed by atoms with Crippen LogP contribution in [0.2, 0.25) is 0 Å². The van der Waals surface area contributed by atoms with Gasteiger partial charge in [-0.15, -0.1) is 0 Å². The van der Waals surface area contributed by atoms with Gasteiger partial charge >= 0.3 is 0 Å². The molecule has 0 radical (unpaired) electrons. The molecular formula is C19H22N2O. The first-order valence-electron chi connectivity index (χ1n) is 7.76. The zero-order valence-electron chi connectivity index (χ0n) is 12.9. The maximum absolute atomic E-state index is 13.1. The molecule has 0 saturated heterocycles. The molecule has 114 valence electrons. The summed E-state index contributed by atoms with van der Waals surface area (Å²) in [5.74, 6) is 0.181. The number of hydrogen-bond acceptors (Lipinski definition) is 3. The third-order valence-corrected chi connectivity index (χ3v) is 4.45. The molecule has 2 atom stereocenters. The number of para-hydroxylation sites is 1. The van der Waals surface area contributed by atoms with E-state index in [0.717, 1.165) is 11.3 Å². The van der Waals surface area contributed by atoms with Crippen LogP contribution in [0.15, 0.2) is 54.6 Å². The van der Waals surface area contributed by atoms with E-state index in [9.17, 15) is 4.79 Å². The maximum Gasteiger partial charge on any atom is 0.169 e. The molecule has 3 N–H and O–H groups in total. The van der Waals surface area contributed by atoms with Crippen molar-refractivity contribution in [1.82, 2.24) is 0 Å². The lowest BCUT2D eigenvalue weighted by Crippen LogP contribution is -2.42. The molecule has 1 aliphatic heterocycles. The number of Topliss-reactive ketones (excluding diaryl/α,β-unsaturated/α-hetero) is 1. The van der Waals surface area contributed by atoms with E-state index in [1.54, 1.807) is 0 Å². The van der Waals surface area contributed by atoms with E-state index < -0.39 is 5.41 Å². The number of benzene rings is 2. The second-order valence-corrected chi connectivity index (χ2v) is 6.43. The topological polar surface area (TPSA) is 55.1 Å². The number of nitrogens with one attached hydrogen (secondary N) is 1. The fourth-order valence-electron chi connectivity index (χ4n) is 3.34. The molecule has 3 rings (SSSR count). The van der Waals surface area contributed by atoms with Crippen molar-refractivity contribution in [3.05, 3.63) is 65.7 Å². The lowest BCUT2D eigenvalue weighted by Gasteiger charge is -2.34. The van der Waals surface area contributed by atoms with Gasteiger partial charge in [-0.25, -0.2) is 0 Å². The normalized spacial score (nSPS) is 24.5. The molecule has 0 aromatic heterocycles. The Hall–Kier alpha value is -2.13. The smallest absolute Gasteiger partial charge is 0.169 e. The van der Waals surface area contributed by atoms with Gasteiger partial charge in [-0.2, -0.15) is 0 Å². The van der Waals surface area contributed by atoms with Crippen LogP contribution in [0.3, 0.4) is 0 Å². The van der Waals surface area contributed by atoms with Crippen LogP contribution in [0.25, 0.3) is 0 Å². The second-order valence-electron chi connectivity index (χ2n) is 6.43. The van der Waals surface area contributed by atoms with Crippen molar-refractivity contribution in [2.24, 2.45) is 11.1 Å². The maximum atomic E-state index is 13.1. The quantitative estimate of drug-likeness (QED) is 0.836. The molecule has 0 aliphatic carbocycles. The summed E-state index contributed by atoms with van der Waals surface area (Å²) in [6, 6.07) is 17.7. The highest BCUT2D eigenvalue weighted by molar-refractivity contribution is 6.00. The van der Waals surface area contributed by atoms with Crippen molar-refractivity contribution in [2.45, 2.75) is 25.8 Å². The van der Waals surface area contributed by atoms with Gasteiger partial charge in [0.2, 0.25) is 0 Å². The Morgan fingerprint density at radius 3 is 2.59 bits per heavy atom. The van der Waals surface area contributed by atoms with Gasteiger partial charge in [-0.1, -0.05) is 55.5 Å². The molecule has 3 nitrogen and oxygen atoms in total. The Labute approximate surface area is 131 Å². The minimum atomic E-state index is -0.473. The summed E-state index contributed by atoms with van der Waals surface area (Å²) in [5, 5.41) is 3.40. The molecule has 0 fully saturated rings. The number of carbonyl (C=O) groups excluding carboxylic acids is 1. The number of hydrogen-bond donors (Lipinski definition) is 2. The number of anilines is 1. The summed E-state index contributed by atoms with van der Waals surface area (Å²) in [7, 11) is 0. The highest BCUT2D eigenvalue weighted by Gasteiger charge is 2.37. The highest BCUT2D eigenvalue weighted by Crippen LogP contribution is 2.35. The average molecular weight is 294 g/mol. The number of rotatable bonds is 2. The molecule has 3 heteroatoms. The predicted octanol–water partition coefficient (Wildman–Crippen LogP) is 3.26. The molecule has 2 unspecified atom stereocenters. The number of nitrogens with two attached hydrogens (primary N) is 1. The summed E-state index contributed by atoms with van der Waals surface area (Å²) < 4.78 is 0. The van der Waals surface area contributed by atoms with Gasteiger partial charge in [0.1, 0.15) is 0 Å². The van der Waals surface area contributed by atoms with Crippen molar-refractivity contribution in [3.63, 3.8) is 0 Å². The van der Waals surface area contributed by atoms with Gasteiger partial charge in [0.15, 0.2) is 5.78 Å². The Morgan fingerprint density at radius 1 is 1.14 bits per heavy atom. The van der Waals surface area contributed by atoms with Crippen molar-refractivity contribution >= 4 is 11.5 Å².